The number of nitrogens with zero attached hydrogens (tertiary/aromatic N) is 1. The molecule has 1 aliphatic heterocycles. The van der Waals surface area contributed by atoms with Gasteiger partial charge in [0.15, 0.2) is 0 Å². The summed E-state index contributed by atoms with van der Waals surface area (Å²) in [5.74, 6) is 0. The molecule has 1 N–H and O–H groups in total. The monoisotopic (exact) mass is 220 g/mol. The number of hydrogen-bond acceptors (Lipinski definition) is 3. The van der Waals surface area contributed by atoms with E-state index in [1.54, 1.807) is 10.4 Å². The van der Waals surface area contributed by atoms with Crippen LogP contribution in [0.5, 0.6) is 0 Å². The van der Waals surface area contributed by atoms with E-state index in [4.69, 9.17) is 0 Å². The third-order valence-corrected chi connectivity index (χ3v) is 4.48. The van der Waals surface area contributed by atoms with E-state index in [1.807, 2.05) is 11.3 Å². The average Bonchev–Trinajstić information content (AvgIpc) is 2.54. The lowest BCUT2D eigenvalue weighted by Gasteiger charge is -2.19. The fraction of sp³-hybridized carbons (Fsp3) is 0.583. The Morgan fingerprint density at radius 3 is 3.00 bits per heavy atom. The summed E-state index contributed by atoms with van der Waals surface area (Å²) in [6.07, 6.45) is 5.48. The Hall–Kier alpha value is -0.830. The zero-order valence-electron chi connectivity index (χ0n) is 9.26. The van der Waals surface area contributed by atoms with Crippen LogP contribution in [0.25, 0.3) is 0 Å². The first-order valence-corrected chi connectivity index (χ1v) is 6.53. The van der Waals surface area contributed by atoms with E-state index in [0.29, 0.717) is 0 Å². The number of aryl methyl sites for hydroxylation is 1. The molecule has 0 aromatic carbocycles. The standard InChI is InChI=1S/C12H16N2S/c1-7-11-9-5-3-4-6-10(9)15-12(11)14-8(2)13-7/h8,14H,3-6H2,1-2H3. The maximum Gasteiger partial charge on any atom is 0.116 e. The summed E-state index contributed by atoms with van der Waals surface area (Å²) < 4.78 is 0. The molecule has 1 aliphatic carbocycles. The van der Waals surface area contributed by atoms with Gasteiger partial charge in [-0.1, -0.05) is 0 Å². The highest BCUT2D eigenvalue weighted by Gasteiger charge is 2.25. The third-order valence-electron chi connectivity index (χ3n) is 3.26. The van der Waals surface area contributed by atoms with Crippen LogP contribution in [0.1, 0.15) is 42.7 Å². The number of anilines is 1. The zero-order chi connectivity index (χ0) is 10.4. The molecule has 1 aromatic heterocycles. The normalized spacial score (nSPS) is 23.9. The average molecular weight is 220 g/mol. The maximum atomic E-state index is 4.62. The van der Waals surface area contributed by atoms with Gasteiger partial charge >= 0.3 is 0 Å². The Morgan fingerprint density at radius 1 is 1.33 bits per heavy atom. The van der Waals surface area contributed by atoms with Gasteiger partial charge in [-0.05, 0) is 45.1 Å². The molecule has 3 heteroatoms. The predicted octanol–water partition coefficient (Wildman–Crippen LogP) is 3.21. The lowest BCUT2D eigenvalue weighted by molar-refractivity contribution is 0.695. The molecule has 0 radical (unpaired) electrons. The zero-order valence-corrected chi connectivity index (χ0v) is 10.1. The van der Waals surface area contributed by atoms with Gasteiger partial charge in [-0.15, -0.1) is 11.3 Å². The van der Waals surface area contributed by atoms with Crippen LogP contribution in [0.15, 0.2) is 4.99 Å². The van der Waals surface area contributed by atoms with E-state index in [9.17, 15) is 0 Å². The van der Waals surface area contributed by atoms with E-state index >= 15 is 0 Å². The first-order chi connectivity index (χ1) is 7.25. The Kier molecular flexibility index (Phi) is 2.09. The summed E-state index contributed by atoms with van der Waals surface area (Å²) in [6.45, 7) is 4.27. The van der Waals surface area contributed by atoms with Crippen molar-refractivity contribution in [1.29, 1.82) is 0 Å². The molecule has 2 aliphatic rings. The number of rotatable bonds is 0. The highest BCUT2D eigenvalue weighted by Crippen LogP contribution is 2.40. The molecule has 2 heterocycles. The van der Waals surface area contributed by atoms with Crippen LogP contribution in [0.2, 0.25) is 0 Å². The van der Waals surface area contributed by atoms with Crippen molar-refractivity contribution in [3.8, 4) is 0 Å². The lowest BCUT2D eigenvalue weighted by Crippen LogP contribution is -2.21. The Labute approximate surface area is 94.4 Å². The van der Waals surface area contributed by atoms with Gasteiger partial charge in [0.2, 0.25) is 0 Å². The van der Waals surface area contributed by atoms with Gasteiger partial charge in [-0.3, -0.25) is 4.99 Å². The number of aliphatic imine (C=N–C) groups is 1. The minimum atomic E-state index is 0.248. The Balaban J connectivity index is 2.15. The summed E-state index contributed by atoms with van der Waals surface area (Å²) in [6, 6.07) is 0. The molecule has 0 saturated carbocycles. The highest BCUT2D eigenvalue weighted by atomic mass is 32.1. The van der Waals surface area contributed by atoms with E-state index in [2.05, 4.69) is 24.2 Å². The van der Waals surface area contributed by atoms with Gasteiger partial charge < -0.3 is 5.32 Å². The van der Waals surface area contributed by atoms with Crippen LogP contribution in [0.4, 0.5) is 5.00 Å². The van der Waals surface area contributed by atoms with Crippen molar-refractivity contribution in [1.82, 2.24) is 0 Å². The molecule has 0 saturated heterocycles. The van der Waals surface area contributed by atoms with Gasteiger partial charge in [0.05, 0.1) is 5.00 Å². The summed E-state index contributed by atoms with van der Waals surface area (Å²) in [5, 5.41) is 4.84. The molecule has 0 fully saturated rings. The Morgan fingerprint density at radius 2 is 2.13 bits per heavy atom. The number of hydrogen-bond donors (Lipinski definition) is 1. The van der Waals surface area contributed by atoms with Crippen LogP contribution >= 0.6 is 11.3 Å². The minimum absolute atomic E-state index is 0.248. The van der Waals surface area contributed by atoms with E-state index in [-0.39, 0.29) is 6.17 Å². The van der Waals surface area contributed by atoms with Crippen molar-refractivity contribution < 1.29 is 0 Å². The van der Waals surface area contributed by atoms with Gasteiger partial charge in [0.25, 0.3) is 0 Å². The first kappa shape index (κ1) is 9.40. The SMILES string of the molecule is CC1=NC(C)Nc2sc3c(c21)CCCC3. The molecular weight excluding hydrogens is 204 g/mol. The molecule has 0 bridgehead atoms. The van der Waals surface area contributed by atoms with Crippen molar-refractivity contribution in [2.75, 3.05) is 5.32 Å². The molecule has 2 nitrogen and oxygen atoms in total. The van der Waals surface area contributed by atoms with E-state index < -0.39 is 0 Å². The van der Waals surface area contributed by atoms with Gasteiger partial charge in [-0.2, -0.15) is 0 Å². The van der Waals surface area contributed by atoms with Gasteiger partial charge in [0, 0.05) is 16.2 Å². The van der Waals surface area contributed by atoms with E-state index in [1.165, 1.54) is 42.0 Å². The first-order valence-electron chi connectivity index (χ1n) is 5.71. The third kappa shape index (κ3) is 1.41. The minimum Gasteiger partial charge on any atom is -0.355 e. The van der Waals surface area contributed by atoms with Crippen molar-refractivity contribution >= 4 is 22.0 Å². The molecule has 1 aromatic rings. The second-order valence-electron chi connectivity index (χ2n) is 4.45. The second kappa shape index (κ2) is 3.34. The molecule has 0 spiro atoms. The Bertz CT molecular complexity index is 431. The van der Waals surface area contributed by atoms with Crippen LogP contribution < -0.4 is 5.32 Å². The predicted molar refractivity (Wildman–Crippen MR) is 66.3 cm³/mol. The molecule has 80 valence electrons. The fourth-order valence-electron chi connectivity index (χ4n) is 2.63. The second-order valence-corrected chi connectivity index (χ2v) is 5.56. The summed E-state index contributed by atoms with van der Waals surface area (Å²) in [5.41, 5.74) is 4.24. The highest BCUT2D eigenvalue weighted by molar-refractivity contribution is 7.16. The quantitative estimate of drug-likeness (QED) is 0.713. The van der Waals surface area contributed by atoms with Crippen molar-refractivity contribution in [3.05, 3.63) is 16.0 Å². The summed E-state index contributed by atoms with van der Waals surface area (Å²) >= 11 is 1.95. The van der Waals surface area contributed by atoms with Crippen molar-refractivity contribution in [2.24, 2.45) is 4.99 Å². The van der Waals surface area contributed by atoms with Crippen LogP contribution in [-0.2, 0) is 12.8 Å². The number of thiophene rings is 1. The topological polar surface area (TPSA) is 24.4 Å². The fourth-order valence-corrected chi connectivity index (χ4v) is 4.05. The lowest BCUT2D eigenvalue weighted by atomic mass is 9.93. The van der Waals surface area contributed by atoms with Gasteiger partial charge in [0.1, 0.15) is 6.17 Å². The molecule has 15 heavy (non-hydrogen) atoms. The number of fused-ring (bicyclic) bond motifs is 3. The van der Waals surface area contributed by atoms with Gasteiger partial charge in [-0.25, -0.2) is 0 Å². The largest absolute Gasteiger partial charge is 0.355 e. The van der Waals surface area contributed by atoms with Crippen LogP contribution in [0.3, 0.4) is 0 Å². The molecule has 3 rings (SSSR count). The molecule has 1 unspecified atom stereocenters. The van der Waals surface area contributed by atoms with Crippen molar-refractivity contribution in [3.63, 3.8) is 0 Å². The van der Waals surface area contributed by atoms with Crippen LogP contribution in [0, 0.1) is 0 Å². The number of nitrogens with one attached hydrogen (secondary N) is 1. The molecular formula is C12H16N2S. The smallest absolute Gasteiger partial charge is 0.116 e. The molecule has 1 atom stereocenters. The van der Waals surface area contributed by atoms with Crippen LogP contribution in [-0.4, -0.2) is 11.9 Å². The summed E-state index contributed by atoms with van der Waals surface area (Å²) in [4.78, 5) is 6.22. The molecule has 0 amide bonds. The van der Waals surface area contributed by atoms with Crippen molar-refractivity contribution in [2.45, 2.75) is 45.7 Å². The maximum absolute atomic E-state index is 4.62. The van der Waals surface area contributed by atoms with E-state index in [0.717, 1.165) is 0 Å². The summed E-state index contributed by atoms with van der Waals surface area (Å²) in [7, 11) is 0.